The highest BCUT2D eigenvalue weighted by molar-refractivity contribution is 8.01. The van der Waals surface area contributed by atoms with E-state index in [1.165, 1.54) is 46.4 Å². The first-order valence-electron chi connectivity index (χ1n) is 9.01. The lowest BCUT2D eigenvalue weighted by Gasteiger charge is -2.49. The predicted molar refractivity (Wildman–Crippen MR) is 115 cm³/mol. The van der Waals surface area contributed by atoms with Crippen LogP contribution < -0.4 is 5.32 Å². The summed E-state index contributed by atoms with van der Waals surface area (Å²) < 4.78 is 0. The second kappa shape index (κ2) is 9.66. The molecule has 0 saturated carbocycles. The molecule has 2 aliphatic heterocycles. The molecule has 2 aromatic heterocycles. The molecule has 0 spiro atoms. The van der Waals surface area contributed by atoms with Gasteiger partial charge in [-0.3, -0.25) is 24.5 Å². The van der Waals surface area contributed by atoms with E-state index in [1.807, 2.05) is 0 Å². The van der Waals surface area contributed by atoms with Gasteiger partial charge in [0.1, 0.15) is 27.2 Å². The van der Waals surface area contributed by atoms with Crippen LogP contribution >= 0.6 is 35.3 Å². The Kier molecular flexibility index (Phi) is 6.73. The van der Waals surface area contributed by atoms with Gasteiger partial charge in [0.05, 0.1) is 18.1 Å². The first-order valence-corrected chi connectivity index (χ1v) is 12.0. The molecule has 160 valence electrons. The molecule has 1 unspecified atom stereocenters. The van der Waals surface area contributed by atoms with E-state index in [2.05, 4.69) is 25.3 Å². The number of hydrogen-bond donors (Lipinski definition) is 2. The van der Waals surface area contributed by atoms with Gasteiger partial charge in [0.2, 0.25) is 5.91 Å². The van der Waals surface area contributed by atoms with E-state index in [-0.39, 0.29) is 17.4 Å². The quantitative estimate of drug-likeness (QED) is 0.415. The molecule has 2 N–H and O–H groups in total. The number of rotatable bonds is 8. The van der Waals surface area contributed by atoms with Gasteiger partial charge in [-0.25, -0.2) is 14.8 Å². The monoisotopic (exact) mass is 476 g/mol. The van der Waals surface area contributed by atoms with Crippen LogP contribution in [0.15, 0.2) is 58.5 Å². The maximum atomic E-state index is 12.7. The minimum Gasteiger partial charge on any atom is -0.477 e. The molecule has 0 aromatic carbocycles. The molecule has 2 aliphatic rings. The Hall–Kier alpha value is -2.64. The van der Waals surface area contributed by atoms with E-state index in [9.17, 15) is 19.5 Å². The zero-order valence-electron chi connectivity index (χ0n) is 15.9. The molecule has 2 atom stereocenters. The normalized spacial score (nSPS) is 20.1. The number of fused-ring (bicyclic) bond motifs is 1. The third-order valence-electron chi connectivity index (χ3n) is 4.39. The van der Waals surface area contributed by atoms with Crippen molar-refractivity contribution >= 4 is 53.1 Å². The molecular formula is C18H16N6O4S3. The zero-order chi connectivity index (χ0) is 21.8. The fourth-order valence-corrected chi connectivity index (χ4v) is 5.97. The van der Waals surface area contributed by atoms with Crippen molar-refractivity contribution in [3.63, 3.8) is 0 Å². The van der Waals surface area contributed by atoms with Crippen molar-refractivity contribution in [2.24, 2.45) is 0 Å². The van der Waals surface area contributed by atoms with Crippen molar-refractivity contribution in [1.82, 2.24) is 30.2 Å². The number of aromatic nitrogens is 4. The second-order valence-electron chi connectivity index (χ2n) is 6.38. The number of hydrogen-bond acceptors (Lipinski definition) is 10. The van der Waals surface area contributed by atoms with Crippen LogP contribution in [0.4, 0.5) is 0 Å². The fourth-order valence-electron chi connectivity index (χ4n) is 3.03. The summed E-state index contributed by atoms with van der Waals surface area (Å²) >= 11 is 4.01. The van der Waals surface area contributed by atoms with Crippen molar-refractivity contribution in [2.45, 2.75) is 21.5 Å². The van der Waals surface area contributed by atoms with E-state index in [4.69, 9.17) is 0 Å². The average molecular weight is 477 g/mol. The summed E-state index contributed by atoms with van der Waals surface area (Å²) in [5.41, 5.74) is 0.630. The number of carboxylic acid groups (broad SMARTS) is 1. The van der Waals surface area contributed by atoms with Crippen molar-refractivity contribution in [2.75, 3.05) is 17.3 Å². The lowest BCUT2D eigenvalue weighted by atomic mass is 10.0. The lowest BCUT2D eigenvalue weighted by Crippen LogP contribution is -2.70. The number of carbonyl (C=O) groups is 3. The molecule has 0 bridgehead atoms. The van der Waals surface area contributed by atoms with E-state index in [0.717, 1.165) is 0 Å². The summed E-state index contributed by atoms with van der Waals surface area (Å²) in [5.74, 6) is -0.980. The van der Waals surface area contributed by atoms with Gasteiger partial charge in [-0.15, -0.1) is 23.5 Å². The fraction of sp³-hybridized carbons (Fsp3) is 0.278. The Balaban J connectivity index is 1.38. The maximum Gasteiger partial charge on any atom is 0.352 e. The molecule has 13 heteroatoms. The van der Waals surface area contributed by atoms with Gasteiger partial charge in [0, 0.05) is 36.3 Å². The molecule has 31 heavy (non-hydrogen) atoms. The Morgan fingerprint density at radius 3 is 2.42 bits per heavy atom. The summed E-state index contributed by atoms with van der Waals surface area (Å²) in [4.78, 5) is 54.3. The largest absolute Gasteiger partial charge is 0.477 e. The summed E-state index contributed by atoms with van der Waals surface area (Å²) in [6.07, 6.45) is 9.35. The molecule has 0 aliphatic carbocycles. The first-order chi connectivity index (χ1) is 15.0. The minimum absolute atomic E-state index is 0.00965. The van der Waals surface area contributed by atoms with Crippen LogP contribution in [-0.2, 0) is 14.4 Å². The number of thioether (sulfide) groups is 3. The molecule has 1 fully saturated rings. The van der Waals surface area contributed by atoms with Crippen LogP contribution in [0.3, 0.4) is 0 Å². The third kappa shape index (κ3) is 4.83. The topological polar surface area (TPSA) is 138 Å². The van der Waals surface area contributed by atoms with E-state index in [1.54, 1.807) is 31.0 Å². The van der Waals surface area contributed by atoms with Gasteiger partial charge in [0.15, 0.2) is 0 Å². The number of β-lactam (4-membered cyclic amide) rings is 1. The van der Waals surface area contributed by atoms with E-state index >= 15 is 0 Å². The molecule has 2 aromatic rings. The Labute approximate surface area is 189 Å². The van der Waals surface area contributed by atoms with Crippen molar-refractivity contribution in [3.8, 4) is 0 Å². The summed E-state index contributed by atoms with van der Waals surface area (Å²) in [6, 6.07) is -0.747. The van der Waals surface area contributed by atoms with E-state index < -0.39 is 23.3 Å². The van der Waals surface area contributed by atoms with E-state index in [0.29, 0.717) is 27.1 Å². The molecule has 4 rings (SSSR count). The van der Waals surface area contributed by atoms with Crippen molar-refractivity contribution in [3.05, 3.63) is 48.5 Å². The minimum atomic E-state index is -1.16. The Morgan fingerprint density at radius 1 is 1.13 bits per heavy atom. The standard InChI is InChI=1S/C18H16N6O4S3/c25-11(9-30-13-6-20-2-4-22-13)23-14-16(26)24-15(18(27)28)10(8-31-17(14)24)7-29-12-5-19-1-3-21-12/h1-6,14,17H,7-9H2,(H,23,25)(H,27,28)/t14?,17-/m1/s1. The molecular weight excluding hydrogens is 460 g/mol. The smallest absolute Gasteiger partial charge is 0.352 e. The maximum absolute atomic E-state index is 12.7. The molecule has 1 saturated heterocycles. The van der Waals surface area contributed by atoms with Gasteiger partial charge < -0.3 is 10.4 Å². The van der Waals surface area contributed by atoms with Crippen molar-refractivity contribution in [1.29, 1.82) is 0 Å². The van der Waals surface area contributed by atoms with Gasteiger partial charge in [0.25, 0.3) is 5.91 Å². The van der Waals surface area contributed by atoms with Gasteiger partial charge >= 0.3 is 5.97 Å². The van der Waals surface area contributed by atoms with Crippen LogP contribution in [-0.4, -0.2) is 76.4 Å². The molecule has 10 nitrogen and oxygen atoms in total. The highest BCUT2D eigenvalue weighted by atomic mass is 32.2. The third-order valence-corrected chi connectivity index (χ3v) is 7.64. The number of carboxylic acids is 1. The molecule has 0 radical (unpaired) electrons. The molecule has 4 heterocycles. The number of nitrogens with zero attached hydrogens (tertiary/aromatic N) is 5. The Bertz CT molecular complexity index is 1020. The average Bonchev–Trinajstić information content (AvgIpc) is 2.80. The van der Waals surface area contributed by atoms with Crippen LogP contribution in [0.1, 0.15) is 0 Å². The molecule has 2 amide bonds. The number of nitrogens with one attached hydrogen (secondary N) is 1. The van der Waals surface area contributed by atoms with Crippen LogP contribution in [0.5, 0.6) is 0 Å². The number of carbonyl (C=O) groups excluding carboxylic acids is 2. The van der Waals surface area contributed by atoms with Crippen LogP contribution in [0.2, 0.25) is 0 Å². The first kappa shape index (κ1) is 21.6. The summed E-state index contributed by atoms with van der Waals surface area (Å²) in [6.45, 7) is 0. The summed E-state index contributed by atoms with van der Waals surface area (Å²) in [7, 11) is 0. The number of aliphatic carboxylic acids is 1. The van der Waals surface area contributed by atoms with Gasteiger partial charge in [-0.05, 0) is 5.57 Å². The Morgan fingerprint density at radius 2 is 1.81 bits per heavy atom. The van der Waals surface area contributed by atoms with Gasteiger partial charge in [-0.1, -0.05) is 11.8 Å². The number of amides is 2. The highest BCUT2D eigenvalue weighted by Crippen LogP contribution is 2.41. The SMILES string of the molecule is O=C(CSc1cnccn1)NC1C(=O)N2C(C(=O)O)=C(CSc3cnccn3)CS[C@H]12. The lowest BCUT2D eigenvalue weighted by molar-refractivity contribution is -0.150. The second-order valence-corrected chi connectivity index (χ2v) is 9.47. The predicted octanol–water partition coefficient (Wildman–Crippen LogP) is 0.890. The highest BCUT2D eigenvalue weighted by Gasteiger charge is 2.54. The van der Waals surface area contributed by atoms with Crippen molar-refractivity contribution < 1.29 is 19.5 Å². The van der Waals surface area contributed by atoms with Crippen LogP contribution in [0, 0.1) is 0 Å². The summed E-state index contributed by atoms with van der Waals surface area (Å²) in [5, 5.41) is 13.3. The zero-order valence-corrected chi connectivity index (χ0v) is 18.3. The van der Waals surface area contributed by atoms with Gasteiger partial charge in [-0.2, -0.15) is 0 Å². The van der Waals surface area contributed by atoms with Crippen LogP contribution in [0.25, 0.3) is 0 Å².